The Balaban J connectivity index is 0.000000631. The van der Waals surface area contributed by atoms with Gasteiger partial charge in [0.15, 0.2) is 0 Å². The van der Waals surface area contributed by atoms with Crippen molar-refractivity contribution < 1.29 is 9.90 Å². The fourth-order valence-corrected chi connectivity index (χ4v) is 1.59. The molecule has 1 aromatic carbocycles. The molecule has 4 heteroatoms. The van der Waals surface area contributed by atoms with E-state index >= 15 is 0 Å². The first kappa shape index (κ1) is 17.8. The molecule has 0 aromatic heterocycles. The predicted molar refractivity (Wildman–Crippen MR) is 77.4 cm³/mol. The van der Waals surface area contributed by atoms with Crippen molar-refractivity contribution in [2.24, 2.45) is 5.92 Å². The number of carboxylic acid groups (broad SMARTS) is 1. The van der Waals surface area contributed by atoms with E-state index in [1.807, 2.05) is 13.8 Å². The fourth-order valence-electron chi connectivity index (χ4n) is 1.46. The van der Waals surface area contributed by atoms with Gasteiger partial charge in [-0.25, -0.2) is 0 Å². The van der Waals surface area contributed by atoms with Gasteiger partial charge in [0.1, 0.15) is 0 Å². The molecule has 0 N–H and O–H groups in total. The monoisotopic (exact) mass is 376 g/mol. The van der Waals surface area contributed by atoms with Crippen molar-refractivity contribution in [3.8, 4) is 0 Å². The van der Waals surface area contributed by atoms with Crippen molar-refractivity contribution in [1.82, 2.24) is 0 Å². The number of carbonyl (C=O) groups is 1. The van der Waals surface area contributed by atoms with Crippen molar-refractivity contribution in [1.29, 1.82) is 0 Å². The van der Waals surface area contributed by atoms with Gasteiger partial charge in [-0.05, 0) is 23.6 Å². The zero-order valence-electron chi connectivity index (χ0n) is 11.7. The SMILES string of the molecule is CC(C)C(C(=O)[O-])c1ccc(Cl)cc1.[CH3][Sn+]([CH3])[CH3]. The molecule has 0 radical (unpaired) electrons. The first-order chi connectivity index (χ1) is 8.25. The zero-order chi connectivity index (χ0) is 14.3. The Morgan fingerprint density at radius 1 is 1.17 bits per heavy atom. The van der Waals surface area contributed by atoms with Gasteiger partial charge < -0.3 is 9.90 Å². The summed E-state index contributed by atoms with van der Waals surface area (Å²) in [5, 5.41) is 11.5. The number of hydrogen-bond donors (Lipinski definition) is 0. The van der Waals surface area contributed by atoms with E-state index in [2.05, 4.69) is 14.8 Å². The fraction of sp³-hybridized carbons (Fsp3) is 0.500. The summed E-state index contributed by atoms with van der Waals surface area (Å²) >= 11 is 5.17. The zero-order valence-corrected chi connectivity index (χ0v) is 15.3. The average Bonchev–Trinajstić information content (AvgIpc) is 2.19. The van der Waals surface area contributed by atoms with Crippen LogP contribution in [-0.4, -0.2) is 25.7 Å². The Labute approximate surface area is 122 Å². The van der Waals surface area contributed by atoms with E-state index in [1.165, 1.54) is 0 Å². The molecule has 0 aliphatic rings. The van der Waals surface area contributed by atoms with E-state index in [0.29, 0.717) is 5.02 Å². The molecule has 0 aliphatic carbocycles. The molecular formula is C14H21ClO2Sn. The topological polar surface area (TPSA) is 40.1 Å². The Hall–Kier alpha value is -0.221. The van der Waals surface area contributed by atoms with Crippen molar-refractivity contribution >= 4 is 37.3 Å². The molecule has 2 nitrogen and oxygen atoms in total. The van der Waals surface area contributed by atoms with Gasteiger partial charge in [0, 0.05) is 16.9 Å². The summed E-state index contributed by atoms with van der Waals surface area (Å²) in [6, 6.07) is 6.83. The third-order valence-corrected chi connectivity index (χ3v) is 2.40. The van der Waals surface area contributed by atoms with E-state index in [4.69, 9.17) is 11.6 Å². The van der Waals surface area contributed by atoms with Crippen molar-refractivity contribution in [2.45, 2.75) is 34.6 Å². The van der Waals surface area contributed by atoms with Crippen molar-refractivity contribution in [3.63, 3.8) is 0 Å². The summed E-state index contributed by atoms with van der Waals surface area (Å²) in [7, 11) is 0. The molecule has 100 valence electrons. The summed E-state index contributed by atoms with van der Waals surface area (Å²) in [5.41, 5.74) is 0.740. The van der Waals surface area contributed by atoms with Crippen LogP contribution < -0.4 is 5.11 Å². The van der Waals surface area contributed by atoms with E-state index in [9.17, 15) is 9.90 Å². The number of halogens is 1. The quantitative estimate of drug-likeness (QED) is 0.761. The van der Waals surface area contributed by atoms with Gasteiger partial charge in [-0.15, -0.1) is 0 Å². The standard InChI is InChI=1S/C11H13ClO2.3CH3.Sn/c1-7(2)10(11(13)14)8-3-5-9(12)6-4-8;;;;/h3-7,10H,1-2H3,(H,13,14);3*1H3;/q;;;;+1/p-1. The van der Waals surface area contributed by atoms with Gasteiger partial charge in [0.2, 0.25) is 0 Å². The van der Waals surface area contributed by atoms with Gasteiger partial charge in [0.25, 0.3) is 0 Å². The van der Waals surface area contributed by atoms with Crippen LogP contribution in [0, 0.1) is 5.92 Å². The molecule has 1 aromatic rings. The molecule has 1 atom stereocenters. The van der Waals surface area contributed by atoms with Gasteiger partial charge >= 0.3 is 34.6 Å². The third-order valence-electron chi connectivity index (χ3n) is 2.15. The van der Waals surface area contributed by atoms with Crippen LogP contribution in [0.15, 0.2) is 24.3 Å². The van der Waals surface area contributed by atoms with Gasteiger partial charge in [0.05, 0.1) is 0 Å². The number of hydrogen-bond acceptors (Lipinski definition) is 2. The average molecular weight is 375 g/mol. The summed E-state index contributed by atoms with van der Waals surface area (Å²) in [5.74, 6) is -1.59. The van der Waals surface area contributed by atoms with Crippen LogP contribution in [0.5, 0.6) is 0 Å². The van der Waals surface area contributed by atoms with E-state index in [-0.39, 0.29) is 5.92 Å². The molecule has 0 aliphatic heterocycles. The molecule has 1 unspecified atom stereocenters. The van der Waals surface area contributed by atoms with Crippen LogP contribution in [0.25, 0.3) is 0 Å². The first-order valence-electron chi connectivity index (χ1n) is 5.98. The maximum absolute atomic E-state index is 10.9. The molecule has 0 heterocycles. The van der Waals surface area contributed by atoms with E-state index < -0.39 is 31.6 Å². The molecule has 0 fully saturated rings. The number of aliphatic carboxylic acids is 1. The Kier molecular flexibility index (Phi) is 8.70. The van der Waals surface area contributed by atoms with Crippen molar-refractivity contribution in [2.75, 3.05) is 0 Å². The second-order valence-corrected chi connectivity index (χ2v) is 14.1. The van der Waals surface area contributed by atoms with Crippen LogP contribution in [0.4, 0.5) is 0 Å². The van der Waals surface area contributed by atoms with E-state index in [0.717, 1.165) is 5.56 Å². The van der Waals surface area contributed by atoms with E-state index in [1.54, 1.807) is 24.3 Å². The summed E-state index contributed by atoms with van der Waals surface area (Å²) < 4.78 is 0. The number of carboxylic acids is 1. The van der Waals surface area contributed by atoms with Crippen LogP contribution in [-0.2, 0) is 4.79 Å². The van der Waals surface area contributed by atoms with Crippen LogP contribution in [0.2, 0.25) is 19.8 Å². The minimum atomic E-state index is -1.04. The van der Waals surface area contributed by atoms with Crippen LogP contribution in [0.1, 0.15) is 25.3 Å². The summed E-state index contributed by atoms with van der Waals surface area (Å²) in [6.45, 7) is 3.71. The second kappa shape index (κ2) is 8.81. The van der Waals surface area contributed by atoms with Crippen molar-refractivity contribution in [3.05, 3.63) is 34.9 Å². The first-order valence-corrected chi connectivity index (χ1v) is 14.9. The number of benzene rings is 1. The summed E-state index contributed by atoms with van der Waals surface area (Å²) in [4.78, 5) is 18.0. The Bertz CT molecular complexity index is 358. The Morgan fingerprint density at radius 3 is 1.83 bits per heavy atom. The maximum atomic E-state index is 10.9. The third kappa shape index (κ3) is 7.27. The molecule has 1 rings (SSSR count). The number of rotatable bonds is 3. The molecule has 0 bridgehead atoms. The second-order valence-electron chi connectivity index (χ2n) is 5.09. The molecule has 18 heavy (non-hydrogen) atoms. The minimum absolute atomic E-state index is 0.0150. The Morgan fingerprint density at radius 2 is 1.56 bits per heavy atom. The number of carbonyl (C=O) groups excluding carboxylic acids is 1. The van der Waals surface area contributed by atoms with Crippen LogP contribution in [0.3, 0.4) is 0 Å². The molecule has 0 amide bonds. The predicted octanol–water partition coefficient (Wildman–Crippen LogP) is 3.20. The van der Waals surface area contributed by atoms with Crippen LogP contribution >= 0.6 is 11.6 Å². The molecule has 0 spiro atoms. The normalized spacial score (nSPS) is 11.5. The van der Waals surface area contributed by atoms with Gasteiger partial charge in [-0.1, -0.05) is 37.6 Å². The van der Waals surface area contributed by atoms with Gasteiger partial charge in [-0.3, -0.25) is 0 Å². The molecular weight excluding hydrogens is 354 g/mol. The van der Waals surface area contributed by atoms with Gasteiger partial charge in [-0.2, -0.15) is 0 Å². The summed E-state index contributed by atoms with van der Waals surface area (Å²) in [6.07, 6.45) is 0. The molecule has 0 saturated heterocycles. The molecule has 0 saturated carbocycles.